The predicted octanol–water partition coefficient (Wildman–Crippen LogP) is 4.64. The van der Waals surface area contributed by atoms with Crippen LogP contribution in [-0.2, 0) is 30.5 Å². The molecular weight excluding hydrogens is 711 g/mol. The Morgan fingerprint density at radius 2 is 1.78 bits per heavy atom. The molecule has 13 heteroatoms. The molecule has 3 fully saturated rings. The lowest BCUT2D eigenvalue weighted by Gasteiger charge is -2.33. The fourth-order valence-electron chi connectivity index (χ4n) is 8.27. The fourth-order valence-corrected chi connectivity index (χ4v) is 9.86. The van der Waals surface area contributed by atoms with E-state index in [1.807, 2.05) is 60.7 Å². The average molecular weight is 768 g/mol. The molecule has 2 amide bonds. The van der Waals surface area contributed by atoms with Crippen molar-refractivity contribution in [1.29, 1.82) is 0 Å². The van der Waals surface area contributed by atoms with Gasteiger partial charge in [-0.05, 0) is 54.0 Å². The number of fused-ring (bicyclic) bond motifs is 1. The number of morpholine rings is 1. The van der Waals surface area contributed by atoms with Gasteiger partial charge in [0.25, 0.3) is 0 Å². The highest BCUT2D eigenvalue weighted by Crippen LogP contribution is 2.37. The second-order valence-corrected chi connectivity index (χ2v) is 17.4. The molecule has 2 aliphatic carbocycles. The number of carbonyl (C=O) groups excluding carboxylic acids is 2. The van der Waals surface area contributed by atoms with Crippen LogP contribution in [0.25, 0.3) is 6.08 Å². The number of aliphatic hydroxyl groups is 2. The van der Waals surface area contributed by atoms with Crippen LogP contribution in [0.3, 0.4) is 0 Å². The highest BCUT2D eigenvalue weighted by atomic mass is 32.2. The number of ether oxygens (including phenoxy) is 3. The van der Waals surface area contributed by atoms with Crippen LogP contribution in [0.4, 0.5) is 4.79 Å². The van der Waals surface area contributed by atoms with Gasteiger partial charge in [0.05, 0.1) is 43.3 Å². The van der Waals surface area contributed by atoms with Crippen molar-refractivity contribution in [3.05, 3.63) is 71.3 Å². The second kappa shape index (κ2) is 19.4. The third-order valence-corrected chi connectivity index (χ3v) is 13.4. The van der Waals surface area contributed by atoms with E-state index < -0.39 is 45.7 Å². The van der Waals surface area contributed by atoms with Gasteiger partial charge in [0.2, 0.25) is 11.3 Å². The largest absolute Gasteiger partial charge is 0.492 e. The van der Waals surface area contributed by atoms with Crippen molar-refractivity contribution in [2.24, 2.45) is 5.92 Å². The second-order valence-electron chi connectivity index (χ2n) is 15.2. The molecule has 5 atom stereocenters. The minimum atomic E-state index is -3.56. The SMILES string of the molecule is O=C(N[C@@H](CC(=O)N(CC=Cc1ccc(OCCN2CCOCC2)cc1)[C@H]1c2ccccc2C[C@H]1O)[C@@H](O)CCC1CCCCC1)OC1CCCS1(=O)=O. The minimum Gasteiger partial charge on any atom is -0.492 e. The van der Waals surface area contributed by atoms with Crippen molar-refractivity contribution in [1.82, 2.24) is 15.1 Å². The predicted molar refractivity (Wildman–Crippen MR) is 205 cm³/mol. The molecule has 296 valence electrons. The zero-order valence-electron chi connectivity index (χ0n) is 31.2. The molecule has 2 heterocycles. The van der Waals surface area contributed by atoms with Gasteiger partial charge in [0, 0.05) is 45.4 Å². The van der Waals surface area contributed by atoms with Crippen LogP contribution in [0.2, 0.25) is 0 Å². The first kappa shape index (κ1) is 40.2. The molecule has 2 aromatic carbocycles. The van der Waals surface area contributed by atoms with E-state index in [2.05, 4.69) is 10.2 Å². The van der Waals surface area contributed by atoms with Crippen molar-refractivity contribution in [2.45, 2.75) is 100 Å². The molecule has 2 aliphatic heterocycles. The third kappa shape index (κ3) is 11.1. The molecule has 0 bridgehead atoms. The van der Waals surface area contributed by atoms with Gasteiger partial charge in [-0.1, -0.05) is 80.7 Å². The number of hydrogen-bond acceptors (Lipinski definition) is 10. The van der Waals surface area contributed by atoms with Gasteiger partial charge < -0.3 is 34.6 Å². The summed E-state index contributed by atoms with van der Waals surface area (Å²) in [5.74, 6) is 0.841. The van der Waals surface area contributed by atoms with Crippen molar-refractivity contribution in [3.63, 3.8) is 0 Å². The van der Waals surface area contributed by atoms with E-state index in [9.17, 15) is 28.2 Å². The zero-order chi connectivity index (χ0) is 37.9. The molecule has 54 heavy (non-hydrogen) atoms. The fraction of sp³-hybridized carbons (Fsp3) is 0.610. The molecule has 4 aliphatic rings. The van der Waals surface area contributed by atoms with Crippen LogP contribution in [0.15, 0.2) is 54.6 Å². The molecule has 0 spiro atoms. The number of sulfone groups is 1. The van der Waals surface area contributed by atoms with Crippen LogP contribution in [0.1, 0.15) is 86.9 Å². The van der Waals surface area contributed by atoms with E-state index in [0.29, 0.717) is 31.8 Å². The van der Waals surface area contributed by atoms with E-state index in [-0.39, 0.29) is 31.0 Å². The standard InChI is InChI=1S/C41H57N3O9S/c45-36(19-16-30-8-2-1-3-9-30)35(42-41(48)53-39-13-7-27-54(39,49)50)29-38(47)44(40-34-12-5-4-11-32(34)28-37(40)46)20-6-10-31-14-17-33(18-15-31)52-26-23-43-21-24-51-25-22-43/h4-6,10-12,14-15,17-18,30,35-37,39-40,45-46H,1-3,7-9,13,16,19-29H2,(H,42,48)/t35-,36-,37+,39?,40-/m0/s1. The summed E-state index contributed by atoms with van der Waals surface area (Å²) in [6.45, 7) is 4.91. The Bertz CT molecular complexity index is 1660. The number of amides is 2. The first-order chi connectivity index (χ1) is 26.2. The van der Waals surface area contributed by atoms with Gasteiger partial charge in [0.15, 0.2) is 9.84 Å². The number of rotatable bonds is 16. The van der Waals surface area contributed by atoms with Gasteiger partial charge in [-0.15, -0.1) is 0 Å². The number of alkyl carbamates (subject to hydrolysis) is 1. The summed E-state index contributed by atoms with van der Waals surface area (Å²) in [4.78, 5) is 31.4. The first-order valence-electron chi connectivity index (χ1n) is 19.8. The lowest BCUT2D eigenvalue weighted by Crippen LogP contribution is -2.49. The van der Waals surface area contributed by atoms with Crippen molar-refractivity contribution in [3.8, 4) is 5.75 Å². The number of benzene rings is 2. The molecule has 0 aromatic heterocycles. The maximum Gasteiger partial charge on any atom is 0.408 e. The molecule has 2 aromatic rings. The van der Waals surface area contributed by atoms with Crippen molar-refractivity contribution in [2.75, 3.05) is 51.8 Å². The monoisotopic (exact) mass is 767 g/mol. The normalized spacial score (nSPS) is 24.1. The Balaban J connectivity index is 1.14. The lowest BCUT2D eigenvalue weighted by atomic mass is 9.84. The molecule has 6 rings (SSSR count). The van der Waals surface area contributed by atoms with Crippen molar-refractivity contribution < 1.29 is 42.4 Å². The van der Waals surface area contributed by atoms with Crippen LogP contribution < -0.4 is 10.1 Å². The highest BCUT2D eigenvalue weighted by Gasteiger charge is 2.39. The highest BCUT2D eigenvalue weighted by molar-refractivity contribution is 7.92. The smallest absolute Gasteiger partial charge is 0.408 e. The number of nitrogens with zero attached hydrogens (tertiary/aromatic N) is 2. The topological polar surface area (TPSA) is 155 Å². The van der Waals surface area contributed by atoms with E-state index >= 15 is 0 Å². The summed E-state index contributed by atoms with van der Waals surface area (Å²) in [6, 6.07) is 13.8. The van der Waals surface area contributed by atoms with E-state index in [4.69, 9.17) is 14.2 Å². The molecular formula is C41H57N3O9S. The van der Waals surface area contributed by atoms with Gasteiger partial charge >= 0.3 is 6.09 Å². The van der Waals surface area contributed by atoms with Crippen LogP contribution in [0.5, 0.6) is 5.75 Å². The summed E-state index contributed by atoms with van der Waals surface area (Å²) in [5, 5.41) is 25.5. The Morgan fingerprint density at radius 1 is 1.02 bits per heavy atom. The Morgan fingerprint density at radius 3 is 2.52 bits per heavy atom. The van der Waals surface area contributed by atoms with Crippen LogP contribution in [-0.4, -0.2) is 116 Å². The molecule has 3 N–H and O–H groups in total. The van der Waals surface area contributed by atoms with Gasteiger partial charge in [-0.25, -0.2) is 13.2 Å². The van der Waals surface area contributed by atoms with E-state index in [0.717, 1.165) is 87.4 Å². The summed E-state index contributed by atoms with van der Waals surface area (Å²) < 4.78 is 41.5. The number of hydrogen-bond donors (Lipinski definition) is 3. The molecule has 0 radical (unpaired) electrons. The van der Waals surface area contributed by atoms with Gasteiger partial charge in [-0.2, -0.15) is 0 Å². The Hall–Kier alpha value is -3.49. The minimum absolute atomic E-state index is 0.0438. The van der Waals surface area contributed by atoms with E-state index in [1.54, 1.807) is 4.90 Å². The zero-order valence-corrected chi connectivity index (χ0v) is 32.0. The molecule has 2 saturated heterocycles. The summed E-state index contributed by atoms with van der Waals surface area (Å²) in [6.07, 6.45) is 8.55. The number of nitrogens with one attached hydrogen (secondary N) is 1. The summed E-state index contributed by atoms with van der Waals surface area (Å²) >= 11 is 0. The maximum atomic E-state index is 14.4. The third-order valence-electron chi connectivity index (χ3n) is 11.4. The Labute approximate surface area is 319 Å². The van der Waals surface area contributed by atoms with Gasteiger partial charge in [-0.3, -0.25) is 9.69 Å². The van der Waals surface area contributed by atoms with Crippen LogP contribution >= 0.6 is 0 Å². The first-order valence-corrected chi connectivity index (χ1v) is 21.5. The average Bonchev–Trinajstić information content (AvgIpc) is 3.69. The van der Waals surface area contributed by atoms with Gasteiger partial charge in [0.1, 0.15) is 12.4 Å². The van der Waals surface area contributed by atoms with E-state index in [1.165, 1.54) is 6.42 Å². The lowest BCUT2D eigenvalue weighted by molar-refractivity contribution is -0.136. The van der Waals surface area contributed by atoms with Crippen LogP contribution in [0, 0.1) is 5.92 Å². The summed E-state index contributed by atoms with van der Waals surface area (Å²) in [5.41, 5.74) is 1.50. The maximum absolute atomic E-state index is 14.4. The summed E-state index contributed by atoms with van der Waals surface area (Å²) in [7, 11) is -3.56. The molecule has 12 nitrogen and oxygen atoms in total. The molecule has 1 unspecified atom stereocenters. The number of carbonyl (C=O) groups is 2. The quantitative estimate of drug-likeness (QED) is 0.220. The Kier molecular flexibility index (Phi) is 14.4. The molecule has 1 saturated carbocycles. The van der Waals surface area contributed by atoms with Crippen molar-refractivity contribution >= 4 is 27.9 Å². The number of aliphatic hydroxyl groups excluding tert-OH is 2.